The Kier molecular flexibility index (Phi) is 4.45. The lowest BCUT2D eigenvalue weighted by atomic mass is 10.1. The van der Waals surface area contributed by atoms with Gasteiger partial charge in [0.2, 0.25) is 0 Å². The molecule has 4 aromatic rings. The number of thiophene rings is 1. The van der Waals surface area contributed by atoms with E-state index >= 15 is 0 Å². The van der Waals surface area contributed by atoms with Crippen LogP contribution in [0, 0.1) is 13.8 Å². The van der Waals surface area contributed by atoms with Gasteiger partial charge < -0.3 is 4.90 Å². The van der Waals surface area contributed by atoms with Gasteiger partial charge in [0.25, 0.3) is 0 Å². The van der Waals surface area contributed by atoms with E-state index in [4.69, 9.17) is 0 Å². The fourth-order valence-electron chi connectivity index (χ4n) is 4.06. The van der Waals surface area contributed by atoms with E-state index in [-0.39, 0.29) is 0 Å². The summed E-state index contributed by atoms with van der Waals surface area (Å²) >= 11 is 1.77. The van der Waals surface area contributed by atoms with Crippen molar-refractivity contribution in [2.24, 2.45) is 0 Å². The fraction of sp³-hybridized carbons (Fsp3) is 0.318. The lowest BCUT2D eigenvalue weighted by Gasteiger charge is -2.35. The highest BCUT2D eigenvalue weighted by Crippen LogP contribution is 2.34. The first-order valence-corrected chi connectivity index (χ1v) is 10.5. The van der Waals surface area contributed by atoms with Crippen LogP contribution >= 0.6 is 11.3 Å². The maximum absolute atomic E-state index is 4.65. The second kappa shape index (κ2) is 7.11. The first kappa shape index (κ1) is 17.5. The molecule has 0 N–H and O–H groups in total. The Hall–Kier alpha value is -2.57. The van der Waals surface area contributed by atoms with Gasteiger partial charge in [-0.3, -0.25) is 9.88 Å². The zero-order chi connectivity index (χ0) is 19.1. The molecular weight excluding hydrogens is 366 g/mol. The molecule has 0 radical (unpaired) electrons. The molecule has 0 bridgehead atoms. The molecule has 4 heterocycles. The highest BCUT2D eigenvalue weighted by atomic mass is 32.1. The Labute approximate surface area is 168 Å². The molecule has 142 valence electrons. The third kappa shape index (κ3) is 3.02. The van der Waals surface area contributed by atoms with E-state index < -0.39 is 0 Å². The molecule has 5 rings (SSSR count). The van der Waals surface area contributed by atoms with Gasteiger partial charge in [0.1, 0.15) is 17.0 Å². The summed E-state index contributed by atoms with van der Waals surface area (Å²) in [6.07, 6.45) is 3.59. The third-order valence-corrected chi connectivity index (χ3v) is 6.84. The predicted molar refractivity (Wildman–Crippen MR) is 116 cm³/mol. The van der Waals surface area contributed by atoms with Crippen molar-refractivity contribution >= 4 is 38.3 Å². The molecule has 6 heteroatoms. The molecule has 0 spiro atoms. The van der Waals surface area contributed by atoms with E-state index in [1.54, 1.807) is 17.7 Å². The number of rotatable bonds is 3. The summed E-state index contributed by atoms with van der Waals surface area (Å²) in [6.45, 7) is 9.31. The topological polar surface area (TPSA) is 45.2 Å². The molecule has 1 fully saturated rings. The van der Waals surface area contributed by atoms with Gasteiger partial charge in [0.15, 0.2) is 0 Å². The summed E-state index contributed by atoms with van der Waals surface area (Å²) in [5.74, 6) is 1.10. The maximum atomic E-state index is 4.65. The van der Waals surface area contributed by atoms with Crippen LogP contribution in [0.25, 0.3) is 21.1 Å². The van der Waals surface area contributed by atoms with Gasteiger partial charge in [-0.1, -0.05) is 24.3 Å². The van der Waals surface area contributed by atoms with Gasteiger partial charge in [0, 0.05) is 49.2 Å². The zero-order valence-corrected chi connectivity index (χ0v) is 17.0. The molecule has 0 aliphatic carbocycles. The highest BCUT2D eigenvalue weighted by molar-refractivity contribution is 7.18. The van der Waals surface area contributed by atoms with Gasteiger partial charge >= 0.3 is 0 Å². The van der Waals surface area contributed by atoms with Crippen LogP contribution in [0.3, 0.4) is 0 Å². The lowest BCUT2D eigenvalue weighted by molar-refractivity contribution is 0.250. The molecule has 5 nitrogen and oxygen atoms in total. The van der Waals surface area contributed by atoms with Crippen LogP contribution in [0.2, 0.25) is 0 Å². The van der Waals surface area contributed by atoms with Gasteiger partial charge in [-0.2, -0.15) is 0 Å². The number of aryl methyl sites for hydroxylation is 2. The number of benzene rings is 1. The molecule has 0 unspecified atom stereocenters. The van der Waals surface area contributed by atoms with Crippen LogP contribution in [-0.2, 0) is 6.54 Å². The van der Waals surface area contributed by atoms with E-state index in [1.165, 1.54) is 26.8 Å². The Bertz CT molecular complexity index is 1140. The quantitative estimate of drug-likeness (QED) is 0.526. The van der Waals surface area contributed by atoms with Crippen molar-refractivity contribution in [2.75, 3.05) is 31.1 Å². The summed E-state index contributed by atoms with van der Waals surface area (Å²) < 4.78 is 0. The molecule has 28 heavy (non-hydrogen) atoms. The minimum Gasteiger partial charge on any atom is -0.353 e. The highest BCUT2D eigenvalue weighted by Gasteiger charge is 2.22. The first-order chi connectivity index (χ1) is 13.7. The Morgan fingerprint density at radius 2 is 1.79 bits per heavy atom. The van der Waals surface area contributed by atoms with Crippen LogP contribution in [0.1, 0.15) is 16.0 Å². The maximum Gasteiger partial charge on any atom is 0.141 e. The fourth-order valence-corrected chi connectivity index (χ4v) is 5.05. The summed E-state index contributed by atoms with van der Waals surface area (Å²) in [6, 6.07) is 10.6. The first-order valence-electron chi connectivity index (χ1n) is 9.71. The monoisotopic (exact) mass is 389 g/mol. The van der Waals surface area contributed by atoms with Gasteiger partial charge in [-0.15, -0.1) is 11.3 Å². The second-order valence-corrected chi connectivity index (χ2v) is 8.62. The van der Waals surface area contributed by atoms with E-state index in [2.05, 4.69) is 62.9 Å². The lowest BCUT2D eigenvalue weighted by Crippen LogP contribution is -2.46. The summed E-state index contributed by atoms with van der Waals surface area (Å²) in [5.41, 5.74) is 3.74. The van der Waals surface area contributed by atoms with Crippen LogP contribution in [0.4, 0.5) is 5.82 Å². The minimum absolute atomic E-state index is 0.942. The van der Waals surface area contributed by atoms with Crippen molar-refractivity contribution in [1.29, 1.82) is 0 Å². The van der Waals surface area contributed by atoms with Gasteiger partial charge in [-0.25, -0.2) is 9.97 Å². The molecule has 1 aliphatic heterocycles. The normalized spacial score (nSPS) is 15.6. The zero-order valence-electron chi connectivity index (χ0n) is 16.2. The standard InChI is InChI=1S/C22H23N5S/c1-15-16(2)28-22-19(15)21(24-14-25-22)27-11-9-26(10-12-27)13-18-6-3-5-17-7-4-8-23-20(17)18/h3-8,14H,9-13H2,1-2H3. The molecule has 1 aromatic carbocycles. The van der Waals surface area contributed by atoms with Gasteiger partial charge in [-0.05, 0) is 31.0 Å². The molecule has 1 aliphatic rings. The summed E-state index contributed by atoms with van der Waals surface area (Å²) in [5, 5.41) is 2.45. The van der Waals surface area contributed by atoms with E-state index in [0.29, 0.717) is 0 Å². The average Bonchev–Trinajstić information content (AvgIpc) is 3.03. The average molecular weight is 390 g/mol. The van der Waals surface area contributed by atoms with Crippen molar-refractivity contribution < 1.29 is 0 Å². The van der Waals surface area contributed by atoms with Crippen LogP contribution in [0.5, 0.6) is 0 Å². The van der Waals surface area contributed by atoms with E-state index in [1.807, 2.05) is 12.3 Å². The van der Waals surface area contributed by atoms with Gasteiger partial charge in [0.05, 0.1) is 10.9 Å². The summed E-state index contributed by atoms with van der Waals surface area (Å²) in [4.78, 5) is 21.1. The smallest absolute Gasteiger partial charge is 0.141 e. The number of nitrogens with zero attached hydrogens (tertiary/aromatic N) is 5. The van der Waals surface area contributed by atoms with E-state index in [9.17, 15) is 0 Å². The van der Waals surface area contributed by atoms with Crippen molar-refractivity contribution in [1.82, 2.24) is 19.9 Å². The largest absolute Gasteiger partial charge is 0.353 e. The third-order valence-electron chi connectivity index (χ3n) is 5.73. The van der Waals surface area contributed by atoms with Crippen molar-refractivity contribution in [3.05, 3.63) is 58.9 Å². The molecule has 0 amide bonds. The van der Waals surface area contributed by atoms with Crippen molar-refractivity contribution in [3.8, 4) is 0 Å². The Balaban J connectivity index is 1.34. The number of aromatic nitrogens is 3. The van der Waals surface area contributed by atoms with Crippen LogP contribution in [0.15, 0.2) is 42.9 Å². The SMILES string of the molecule is Cc1sc2ncnc(N3CCN(Cc4cccc5cccnc45)CC3)c2c1C. The molecule has 1 saturated heterocycles. The molecule has 0 saturated carbocycles. The Morgan fingerprint density at radius 3 is 2.64 bits per heavy atom. The van der Waals surface area contributed by atoms with Crippen molar-refractivity contribution in [2.45, 2.75) is 20.4 Å². The number of fused-ring (bicyclic) bond motifs is 2. The number of para-hydroxylation sites is 1. The number of hydrogen-bond donors (Lipinski definition) is 0. The number of anilines is 1. The Morgan fingerprint density at radius 1 is 0.964 bits per heavy atom. The predicted octanol–water partition coefficient (Wildman–Crippen LogP) is 4.18. The van der Waals surface area contributed by atoms with Crippen LogP contribution in [-0.4, -0.2) is 46.0 Å². The summed E-state index contributed by atoms with van der Waals surface area (Å²) in [7, 11) is 0. The van der Waals surface area contributed by atoms with Crippen molar-refractivity contribution in [3.63, 3.8) is 0 Å². The van der Waals surface area contributed by atoms with E-state index in [0.717, 1.165) is 48.9 Å². The second-order valence-electron chi connectivity index (χ2n) is 7.42. The number of piperazine rings is 1. The van der Waals surface area contributed by atoms with Crippen LogP contribution < -0.4 is 4.90 Å². The number of hydrogen-bond acceptors (Lipinski definition) is 6. The molecule has 3 aromatic heterocycles. The number of pyridine rings is 1. The molecular formula is C22H23N5S. The molecule has 0 atom stereocenters. The minimum atomic E-state index is 0.942.